The molecule has 0 radical (unpaired) electrons. The summed E-state index contributed by atoms with van der Waals surface area (Å²) in [6, 6.07) is 1.90. The number of hydrogen-bond donors (Lipinski definition) is 2. The Kier molecular flexibility index (Phi) is 4.12. The van der Waals surface area contributed by atoms with Gasteiger partial charge in [-0.3, -0.25) is 4.79 Å². The summed E-state index contributed by atoms with van der Waals surface area (Å²) in [4.78, 5) is 15.7. The van der Waals surface area contributed by atoms with E-state index in [0.29, 0.717) is 6.54 Å². The van der Waals surface area contributed by atoms with Crippen LogP contribution in [0.4, 0.5) is 5.69 Å². The number of aromatic nitrogens is 1. The van der Waals surface area contributed by atoms with Crippen LogP contribution in [-0.2, 0) is 4.79 Å². The summed E-state index contributed by atoms with van der Waals surface area (Å²) in [5.41, 5.74) is 1.75. The first-order chi connectivity index (χ1) is 8.15. The molecule has 2 rings (SSSR count). The fraction of sp³-hybridized carbons (Fsp3) is 0.500. The fourth-order valence-electron chi connectivity index (χ4n) is 1.54. The Bertz CT molecular complexity index is 418. The van der Waals surface area contributed by atoms with Crippen molar-refractivity contribution in [3.05, 3.63) is 22.4 Å². The van der Waals surface area contributed by atoms with E-state index in [0.717, 1.165) is 28.3 Å². The van der Waals surface area contributed by atoms with Gasteiger partial charge in [0.15, 0.2) is 0 Å². The molecule has 17 heavy (non-hydrogen) atoms. The summed E-state index contributed by atoms with van der Waals surface area (Å²) in [7, 11) is 0. The number of hydrogen-bond acceptors (Lipinski definition) is 3. The van der Waals surface area contributed by atoms with Crippen LogP contribution in [0.5, 0.6) is 0 Å². The molecule has 0 unspecified atom stereocenters. The largest absolute Gasteiger partial charge is 0.324 e. The van der Waals surface area contributed by atoms with E-state index in [-0.39, 0.29) is 5.91 Å². The maximum atomic E-state index is 11.6. The molecule has 0 aliphatic heterocycles. The molecule has 0 saturated heterocycles. The van der Waals surface area contributed by atoms with Crippen molar-refractivity contribution in [2.75, 3.05) is 18.4 Å². The number of nitrogens with one attached hydrogen (secondary N) is 2. The van der Waals surface area contributed by atoms with Crippen molar-refractivity contribution in [3.63, 3.8) is 0 Å². The number of aryl methyl sites for hydroxylation is 1. The Morgan fingerprint density at radius 2 is 2.35 bits per heavy atom. The van der Waals surface area contributed by atoms with Gasteiger partial charge >= 0.3 is 0 Å². The molecule has 1 aromatic heterocycles. The molecule has 1 fully saturated rings. The lowest BCUT2D eigenvalue weighted by Gasteiger charge is -2.07. The van der Waals surface area contributed by atoms with Gasteiger partial charge in [0.05, 0.1) is 18.4 Å². The van der Waals surface area contributed by atoms with Gasteiger partial charge < -0.3 is 10.6 Å². The van der Waals surface area contributed by atoms with Gasteiger partial charge in [-0.15, -0.1) is 0 Å². The molecular formula is C12H16BrN3O. The van der Waals surface area contributed by atoms with Crippen molar-refractivity contribution in [2.24, 2.45) is 5.92 Å². The van der Waals surface area contributed by atoms with Gasteiger partial charge in [0, 0.05) is 0 Å². The number of carbonyl (C=O) groups excluding carboxylic acids is 1. The predicted molar refractivity (Wildman–Crippen MR) is 70.9 cm³/mol. The number of amides is 1. The zero-order chi connectivity index (χ0) is 12.3. The second kappa shape index (κ2) is 5.60. The van der Waals surface area contributed by atoms with E-state index >= 15 is 0 Å². The Hall–Kier alpha value is -0.940. The van der Waals surface area contributed by atoms with E-state index in [2.05, 4.69) is 31.5 Å². The van der Waals surface area contributed by atoms with E-state index < -0.39 is 0 Å². The van der Waals surface area contributed by atoms with Crippen LogP contribution < -0.4 is 10.6 Å². The van der Waals surface area contributed by atoms with Crippen LogP contribution >= 0.6 is 15.9 Å². The van der Waals surface area contributed by atoms with Crippen LogP contribution in [0.2, 0.25) is 0 Å². The molecule has 1 aromatic rings. The highest BCUT2D eigenvalue weighted by Crippen LogP contribution is 2.27. The summed E-state index contributed by atoms with van der Waals surface area (Å²) in [5, 5.41) is 5.97. The second-order valence-electron chi connectivity index (χ2n) is 4.45. The van der Waals surface area contributed by atoms with Crippen molar-refractivity contribution in [1.29, 1.82) is 0 Å². The van der Waals surface area contributed by atoms with E-state index in [1.807, 2.05) is 13.0 Å². The molecule has 1 amide bonds. The van der Waals surface area contributed by atoms with Crippen LogP contribution in [0.15, 0.2) is 16.9 Å². The number of carbonyl (C=O) groups is 1. The minimum atomic E-state index is -0.0193. The zero-order valence-electron chi connectivity index (χ0n) is 9.79. The monoisotopic (exact) mass is 297 g/mol. The molecule has 1 saturated carbocycles. The third-order valence-corrected chi connectivity index (χ3v) is 3.54. The highest BCUT2D eigenvalue weighted by Gasteiger charge is 2.20. The average Bonchev–Trinajstić information content (AvgIpc) is 3.07. The van der Waals surface area contributed by atoms with Crippen LogP contribution in [0.1, 0.15) is 18.4 Å². The van der Waals surface area contributed by atoms with E-state index in [9.17, 15) is 4.79 Å². The summed E-state index contributed by atoms with van der Waals surface area (Å²) in [5.74, 6) is 0.772. The topological polar surface area (TPSA) is 54.0 Å². The predicted octanol–water partition coefficient (Wildman–Crippen LogP) is 2.09. The van der Waals surface area contributed by atoms with Crippen molar-refractivity contribution >= 4 is 27.5 Å². The Morgan fingerprint density at radius 3 is 3.00 bits per heavy atom. The molecule has 0 bridgehead atoms. The lowest BCUT2D eigenvalue weighted by Crippen LogP contribution is -2.29. The maximum Gasteiger partial charge on any atom is 0.238 e. The van der Waals surface area contributed by atoms with Crippen molar-refractivity contribution in [3.8, 4) is 0 Å². The molecule has 1 aliphatic rings. The smallest absolute Gasteiger partial charge is 0.238 e. The molecular weight excluding hydrogens is 282 g/mol. The summed E-state index contributed by atoms with van der Waals surface area (Å²) in [6.45, 7) is 3.26. The van der Waals surface area contributed by atoms with E-state index in [1.165, 1.54) is 12.8 Å². The maximum absolute atomic E-state index is 11.6. The molecule has 0 spiro atoms. The molecule has 0 aromatic carbocycles. The van der Waals surface area contributed by atoms with Gasteiger partial charge in [0.1, 0.15) is 4.60 Å². The van der Waals surface area contributed by atoms with Crippen molar-refractivity contribution in [1.82, 2.24) is 10.3 Å². The van der Waals surface area contributed by atoms with E-state index in [4.69, 9.17) is 0 Å². The van der Waals surface area contributed by atoms with Gasteiger partial charge in [-0.1, -0.05) is 0 Å². The average molecular weight is 298 g/mol. The Labute approximate surface area is 109 Å². The molecule has 92 valence electrons. The number of anilines is 1. The van der Waals surface area contributed by atoms with Crippen LogP contribution in [0.25, 0.3) is 0 Å². The van der Waals surface area contributed by atoms with Gasteiger partial charge in [0.25, 0.3) is 0 Å². The van der Waals surface area contributed by atoms with E-state index in [1.54, 1.807) is 6.20 Å². The quantitative estimate of drug-likeness (QED) is 0.818. The Morgan fingerprint density at radius 1 is 1.59 bits per heavy atom. The Balaban J connectivity index is 1.77. The van der Waals surface area contributed by atoms with Gasteiger partial charge in [-0.25, -0.2) is 4.98 Å². The van der Waals surface area contributed by atoms with Crippen LogP contribution in [-0.4, -0.2) is 24.0 Å². The number of pyridine rings is 1. The van der Waals surface area contributed by atoms with Gasteiger partial charge in [-0.05, 0) is 59.8 Å². The van der Waals surface area contributed by atoms with Gasteiger partial charge in [-0.2, -0.15) is 0 Å². The first kappa shape index (κ1) is 12.5. The summed E-state index contributed by atoms with van der Waals surface area (Å²) in [6.07, 6.45) is 4.24. The highest BCUT2D eigenvalue weighted by atomic mass is 79.9. The van der Waals surface area contributed by atoms with Crippen molar-refractivity contribution < 1.29 is 4.79 Å². The fourth-order valence-corrected chi connectivity index (χ4v) is 1.76. The molecule has 0 atom stereocenters. The first-order valence-corrected chi connectivity index (χ1v) is 6.57. The third kappa shape index (κ3) is 4.09. The summed E-state index contributed by atoms with van der Waals surface area (Å²) < 4.78 is 0.808. The lowest BCUT2D eigenvalue weighted by atomic mass is 10.3. The van der Waals surface area contributed by atoms with Gasteiger partial charge in [0.2, 0.25) is 5.91 Å². The minimum Gasteiger partial charge on any atom is -0.324 e. The molecule has 2 N–H and O–H groups in total. The first-order valence-electron chi connectivity index (χ1n) is 5.78. The molecule has 5 heteroatoms. The zero-order valence-corrected chi connectivity index (χ0v) is 11.4. The normalized spacial score (nSPS) is 14.7. The summed E-state index contributed by atoms with van der Waals surface area (Å²) >= 11 is 3.32. The minimum absolute atomic E-state index is 0.0193. The van der Waals surface area contributed by atoms with Crippen molar-refractivity contribution in [2.45, 2.75) is 19.8 Å². The lowest BCUT2D eigenvalue weighted by molar-refractivity contribution is -0.115. The number of nitrogens with zero attached hydrogens (tertiary/aromatic N) is 1. The molecule has 1 heterocycles. The number of rotatable bonds is 5. The SMILES string of the molecule is Cc1cc(NC(=O)CNCC2CC2)cnc1Br. The third-order valence-electron chi connectivity index (χ3n) is 2.71. The standard InChI is InChI=1S/C12H16BrN3O/c1-8-4-10(6-15-12(8)13)16-11(17)7-14-5-9-2-3-9/h4,6,9,14H,2-3,5,7H2,1H3,(H,16,17). The van der Waals surface area contributed by atoms with Crippen LogP contribution in [0, 0.1) is 12.8 Å². The highest BCUT2D eigenvalue weighted by molar-refractivity contribution is 9.10. The number of halogens is 1. The van der Waals surface area contributed by atoms with Crippen LogP contribution in [0.3, 0.4) is 0 Å². The second-order valence-corrected chi connectivity index (χ2v) is 5.21. The molecule has 4 nitrogen and oxygen atoms in total. The molecule has 1 aliphatic carbocycles.